The smallest absolute Gasteiger partial charge is 0.149 e. The van der Waals surface area contributed by atoms with Crippen molar-refractivity contribution in [1.29, 1.82) is 0 Å². The van der Waals surface area contributed by atoms with Crippen molar-refractivity contribution >= 4 is 5.78 Å². The third kappa shape index (κ3) is 3.30. The van der Waals surface area contributed by atoms with E-state index in [1.165, 1.54) is 32.1 Å². The molecule has 2 fully saturated rings. The first-order chi connectivity index (χ1) is 7.29. The molecule has 2 nitrogen and oxygen atoms in total. The van der Waals surface area contributed by atoms with Crippen molar-refractivity contribution in [2.24, 2.45) is 11.8 Å². The van der Waals surface area contributed by atoms with Crippen LogP contribution in [0.5, 0.6) is 0 Å². The van der Waals surface area contributed by atoms with Crippen LogP contribution >= 0.6 is 0 Å². The second-order valence-electron chi connectivity index (χ2n) is 5.26. The van der Waals surface area contributed by atoms with E-state index in [1.54, 1.807) is 0 Å². The first-order valence-electron chi connectivity index (χ1n) is 6.55. The summed E-state index contributed by atoms with van der Waals surface area (Å²) >= 11 is 0. The monoisotopic (exact) mass is 209 g/mol. The lowest BCUT2D eigenvalue weighted by Gasteiger charge is -2.27. The van der Waals surface area contributed by atoms with Crippen molar-refractivity contribution in [3.63, 3.8) is 0 Å². The summed E-state index contributed by atoms with van der Waals surface area (Å²) in [6, 6.07) is 0.666. The Morgan fingerprint density at radius 3 is 2.73 bits per heavy atom. The zero-order valence-corrected chi connectivity index (χ0v) is 9.80. The minimum Gasteiger partial charge on any atom is -0.307 e. The molecule has 2 unspecified atom stereocenters. The van der Waals surface area contributed by atoms with Crippen molar-refractivity contribution in [3.05, 3.63) is 0 Å². The Morgan fingerprint density at radius 1 is 1.27 bits per heavy atom. The molecule has 0 bridgehead atoms. The van der Waals surface area contributed by atoms with Crippen molar-refractivity contribution < 1.29 is 4.79 Å². The van der Waals surface area contributed by atoms with Crippen LogP contribution in [0.3, 0.4) is 0 Å². The summed E-state index contributed by atoms with van der Waals surface area (Å²) in [6.07, 6.45) is 8.70. The van der Waals surface area contributed by atoms with E-state index in [1.807, 2.05) is 0 Å². The quantitative estimate of drug-likeness (QED) is 0.754. The Bertz CT molecular complexity index is 223. The van der Waals surface area contributed by atoms with Gasteiger partial charge in [0.2, 0.25) is 0 Å². The summed E-state index contributed by atoms with van der Waals surface area (Å²) in [5.74, 6) is 1.66. The number of nitrogens with one attached hydrogen (secondary N) is 1. The minimum atomic E-state index is 0.370. The summed E-state index contributed by atoms with van der Waals surface area (Å²) in [5, 5.41) is 3.34. The van der Waals surface area contributed by atoms with Gasteiger partial charge in [0.1, 0.15) is 5.78 Å². The van der Waals surface area contributed by atoms with Gasteiger partial charge in [0.05, 0.1) is 6.54 Å². The molecular formula is C13H23NO. The highest BCUT2D eigenvalue weighted by Gasteiger charge is 2.27. The Labute approximate surface area is 92.8 Å². The molecule has 0 spiro atoms. The molecule has 0 aliphatic heterocycles. The van der Waals surface area contributed by atoms with Gasteiger partial charge in [-0.25, -0.2) is 0 Å². The van der Waals surface area contributed by atoms with Crippen LogP contribution in [0.15, 0.2) is 0 Å². The SMILES string of the molecule is CCC1CCCC(C(=O)CNC2CC2)C1. The van der Waals surface area contributed by atoms with Crippen molar-refractivity contribution in [1.82, 2.24) is 5.32 Å². The molecule has 1 N–H and O–H groups in total. The number of ketones is 1. The minimum absolute atomic E-state index is 0.370. The van der Waals surface area contributed by atoms with Crippen LogP contribution in [0.25, 0.3) is 0 Å². The van der Waals surface area contributed by atoms with Crippen LogP contribution in [0.2, 0.25) is 0 Å². The lowest BCUT2D eigenvalue weighted by molar-refractivity contribution is -0.123. The standard InChI is InChI=1S/C13H23NO/c1-2-10-4-3-5-11(8-10)13(15)9-14-12-6-7-12/h10-12,14H,2-9H2,1H3. The zero-order chi connectivity index (χ0) is 10.7. The average Bonchev–Trinajstić information content (AvgIpc) is 3.10. The Balaban J connectivity index is 1.72. The highest BCUT2D eigenvalue weighted by Crippen LogP contribution is 2.31. The highest BCUT2D eigenvalue weighted by atomic mass is 16.1. The van der Waals surface area contributed by atoms with E-state index in [0.29, 0.717) is 24.3 Å². The van der Waals surface area contributed by atoms with Crippen LogP contribution in [0, 0.1) is 11.8 Å². The van der Waals surface area contributed by atoms with Gasteiger partial charge in [-0.2, -0.15) is 0 Å². The molecule has 0 heterocycles. The van der Waals surface area contributed by atoms with E-state index in [0.717, 1.165) is 18.8 Å². The highest BCUT2D eigenvalue weighted by molar-refractivity contribution is 5.83. The van der Waals surface area contributed by atoms with Crippen LogP contribution in [0.4, 0.5) is 0 Å². The van der Waals surface area contributed by atoms with Crippen LogP contribution in [-0.2, 0) is 4.79 Å². The van der Waals surface area contributed by atoms with Gasteiger partial charge in [-0.1, -0.05) is 26.2 Å². The van der Waals surface area contributed by atoms with Crippen molar-refractivity contribution in [3.8, 4) is 0 Å². The summed E-state index contributed by atoms with van der Waals surface area (Å²) in [6.45, 7) is 2.88. The topological polar surface area (TPSA) is 29.1 Å². The summed E-state index contributed by atoms with van der Waals surface area (Å²) < 4.78 is 0. The van der Waals surface area contributed by atoms with Crippen LogP contribution in [0.1, 0.15) is 51.9 Å². The summed E-state index contributed by atoms with van der Waals surface area (Å²) in [5.41, 5.74) is 0. The van der Waals surface area contributed by atoms with E-state index >= 15 is 0 Å². The van der Waals surface area contributed by atoms with E-state index in [2.05, 4.69) is 12.2 Å². The first-order valence-corrected chi connectivity index (χ1v) is 6.55. The Hall–Kier alpha value is -0.370. The van der Waals surface area contributed by atoms with Gasteiger partial charge in [0.25, 0.3) is 0 Å². The Kier molecular flexibility index (Phi) is 3.79. The maximum absolute atomic E-state index is 11.9. The molecule has 0 saturated heterocycles. The molecular weight excluding hydrogens is 186 g/mol. The largest absolute Gasteiger partial charge is 0.307 e. The molecule has 0 amide bonds. The molecule has 0 aromatic carbocycles. The molecule has 0 radical (unpaired) electrons. The number of carbonyl (C=O) groups excluding carboxylic acids is 1. The zero-order valence-electron chi connectivity index (χ0n) is 9.80. The third-order valence-electron chi connectivity index (χ3n) is 3.96. The number of Topliss-reactive ketones (excluding diaryl/α,β-unsaturated/α-hetero) is 1. The summed E-state index contributed by atoms with van der Waals surface area (Å²) in [4.78, 5) is 11.9. The molecule has 0 aromatic heterocycles. The third-order valence-corrected chi connectivity index (χ3v) is 3.96. The predicted octanol–water partition coefficient (Wildman–Crippen LogP) is 2.52. The van der Waals surface area contributed by atoms with E-state index in [4.69, 9.17) is 0 Å². The fourth-order valence-electron chi connectivity index (χ4n) is 2.63. The normalized spacial score (nSPS) is 31.5. The van der Waals surface area contributed by atoms with Crippen molar-refractivity contribution in [2.75, 3.05) is 6.54 Å². The first kappa shape index (κ1) is 11.1. The molecule has 2 rings (SSSR count). The molecule has 2 heteroatoms. The van der Waals surface area contributed by atoms with Gasteiger partial charge in [-0.05, 0) is 31.6 Å². The molecule has 2 atom stereocenters. The average molecular weight is 209 g/mol. The number of hydrogen-bond acceptors (Lipinski definition) is 2. The second kappa shape index (κ2) is 5.11. The van der Waals surface area contributed by atoms with Gasteiger partial charge in [-0.15, -0.1) is 0 Å². The molecule has 0 aromatic rings. The molecule has 2 aliphatic carbocycles. The van der Waals surface area contributed by atoms with E-state index < -0.39 is 0 Å². The van der Waals surface area contributed by atoms with Gasteiger partial charge >= 0.3 is 0 Å². The maximum Gasteiger partial charge on any atom is 0.149 e. The molecule has 86 valence electrons. The lowest BCUT2D eigenvalue weighted by Crippen LogP contribution is -2.32. The fourth-order valence-corrected chi connectivity index (χ4v) is 2.63. The molecule has 2 saturated carbocycles. The second-order valence-corrected chi connectivity index (χ2v) is 5.26. The maximum atomic E-state index is 11.9. The number of rotatable bonds is 5. The molecule has 2 aliphatic rings. The number of carbonyl (C=O) groups is 1. The fraction of sp³-hybridized carbons (Fsp3) is 0.923. The van der Waals surface area contributed by atoms with Gasteiger partial charge < -0.3 is 5.32 Å². The Morgan fingerprint density at radius 2 is 2.07 bits per heavy atom. The predicted molar refractivity (Wildman–Crippen MR) is 61.8 cm³/mol. The molecule has 15 heavy (non-hydrogen) atoms. The van der Waals surface area contributed by atoms with Gasteiger partial charge in [0.15, 0.2) is 0 Å². The van der Waals surface area contributed by atoms with E-state index in [9.17, 15) is 4.79 Å². The van der Waals surface area contributed by atoms with E-state index in [-0.39, 0.29) is 0 Å². The van der Waals surface area contributed by atoms with Gasteiger partial charge in [0, 0.05) is 12.0 Å². The van der Waals surface area contributed by atoms with Crippen LogP contribution in [-0.4, -0.2) is 18.4 Å². The van der Waals surface area contributed by atoms with Crippen molar-refractivity contribution in [2.45, 2.75) is 57.9 Å². The van der Waals surface area contributed by atoms with Crippen LogP contribution < -0.4 is 5.32 Å². The number of hydrogen-bond donors (Lipinski definition) is 1. The lowest BCUT2D eigenvalue weighted by atomic mass is 9.78. The summed E-state index contributed by atoms with van der Waals surface area (Å²) in [7, 11) is 0. The van der Waals surface area contributed by atoms with Gasteiger partial charge in [-0.3, -0.25) is 4.79 Å².